The van der Waals surface area contributed by atoms with Crippen LogP contribution in [0.15, 0.2) is 24.4 Å². The van der Waals surface area contributed by atoms with Crippen molar-refractivity contribution in [2.24, 2.45) is 0 Å². The highest BCUT2D eigenvalue weighted by Gasteiger charge is 2.22. The molecular weight excluding hydrogens is 242 g/mol. The maximum absolute atomic E-state index is 4.07. The summed E-state index contributed by atoms with van der Waals surface area (Å²) in [5.41, 5.74) is 1.29. The molecule has 1 atom stereocenters. The molecule has 1 N–H and O–H groups in total. The van der Waals surface area contributed by atoms with Crippen LogP contribution in [0, 0.1) is 6.92 Å². The van der Waals surface area contributed by atoms with E-state index in [1.54, 1.807) is 0 Å². The second kappa shape index (κ2) is 5.24. The molecule has 0 bridgehead atoms. The maximum Gasteiger partial charge on any atom is 0.0490 e. The Morgan fingerprint density at radius 1 is 1.44 bits per heavy atom. The standard InChI is InChI=1S/C14H19N3S/c1-11-4-5-13(18-11)10-17-8-2-3-12(9-17)14-6-7-15-16-14/h4-7,12H,2-3,8-10H2,1H3,(H,15,16)/t12-/m0/s1. The Bertz CT molecular complexity index is 489. The lowest BCUT2D eigenvalue weighted by molar-refractivity contribution is 0.200. The average Bonchev–Trinajstić information content (AvgIpc) is 3.01. The predicted octanol–water partition coefficient (Wildman–Crippen LogP) is 3.16. The molecule has 0 unspecified atom stereocenters. The molecule has 2 aromatic heterocycles. The zero-order chi connectivity index (χ0) is 12.4. The van der Waals surface area contributed by atoms with Crippen molar-refractivity contribution >= 4 is 11.3 Å². The largest absolute Gasteiger partial charge is 0.298 e. The van der Waals surface area contributed by atoms with Gasteiger partial charge in [0.05, 0.1) is 0 Å². The van der Waals surface area contributed by atoms with Crippen molar-refractivity contribution in [3.63, 3.8) is 0 Å². The van der Waals surface area contributed by atoms with Crippen LogP contribution in [0.1, 0.15) is 34.2 Å². The number of nitrogens with one attached hydrogen (secondary N) is 1. The molecule has 3 nitrogen and oxygen atoms in total. The zero-order valence-electron chi connectivity index (χ0n) is 10.7. The van der Waals surface area contributed by atoms with E-state index in [0.717, 1.165) is 13.1 Å². The molecule has 1 aliphatic rings. The van der Waals surface area contributed by atoms with Crippen LogP contribution in [-0.2, 0) is 6.54 Å². The third-order valence-electron chi connectivity index (χ3n) is 3.64. The summed E-state index contributed by atoms with van der Waals surface area (Å²) in [7, 11) is 0. The Morgan fingerprint density at radius 3 is 3.11 bits per heavy atom. The number of rotatable bonds is 3. The van der Waals surface area contributed by atoms with Crippen molar-refractivity contribution in [1.29, 1.82) is 0 Å². The first-order chi connectivity index (χ1) is 8.81. The van der Waals surface area contributed by atoms with E-state index in [1.807, 2.05) is 17.5 Å². The van der Waals surface area contributed by atoms with Crippen LogP contribution in [0.3, 0.4) is 0 Å². The summed E-state index contributed by atoms with van der Waals surface area (Å²) in [6.45, 7) is 5.65. The Morgan fingerprint density at radius 2 is 2.39 bits per heavy atom. The number of likely N-dealkylation sites (tertiary alicyclic amines) is 1. The number of thiophene rings is 1. The minimum Gasteiger partial charge on any atom is -0.298 e. The smallest absolute Gasteiger partial charge is 0.0490 e. The van der Waals surface area contributed by atoms with E-state index in [9.17, 15) is 0 Å². The van der Waals surface area contributed by atoms with Gasteiger partial charge in [-0.25, -0.2) is 0 Å². The van der Waals surface area contributed by atoms with Gasteiger partial charge in [-0.1, -0.05) is 0 Å². The molecule has 4 heteroatoms. The summed E-state index contributed by atoms with van der Waals surface area (Å²) in [5, 5.41) is 7.19. The predicted molar refractivity (Wildman–Crippen MR) is 74.9 cm³/mol. The molecule has 3 rings (SSSR count). The molecule has 0 aromatic carbocycles. The number of hydrogen-bond donors (Lipinski definition) is 1. The van der Waals surface area contributed by atoms with Gasteiger partial charge in [0, 0.05) is 40.7 Å². The van der Waals surface area contributed by atoms with Crippen molar-refractivity contribution in [3.8, 4) is 0 Å². The number of piperidine rings is 1. The molecule has 2 aromatic rings. The molecule has 0 aliphatic carbocycles. The average molecular weight is 261 g/mol. The third kappa shape index (κ3) is 2.65. The zero-order valence-corrected chi connectivity index (χ0v) is 11.5. The highest BCUT2D eigenvalue weighted by Crippen LogP contribution is 2.27. The number of nitrogens with zero attached hydrogens (tertiary/aromatic N) is 2. The maximum atomic E-state index is 4.07. The van der Waals surface area contributed by atoms with Gasteiger partial charge in [0.15, 0.2) is 0 Å². The monoisotopic (exact) mass is 261 g/mol. The van der Waals surface area contributed by atoms with Gasteiger partial charge in [0.25, 0.3) is 0 Å². The molecule has 96 valence electrons. The van der Waals surface area contributed by atoms with Gasteiger partial charge in [-0.3, -0.25) is 10.00 Å². The fourth-order valence-corrected chi connectivity index (χ4v) is 3.67. The van der Waals surface area contributed by atoms with Gasteiger partial charge in [0.2, 0.25) is 0 Å². The number of H-pyrrole nitrogens is 1. The minimum atomic E-state index is 0.627. The van der Waals surface area contributed by atoms with E-state index in [4.69, 9.17) is 0 Å². The topological polar surface area (TPSA) is 31.9 Å². The second-order valence-corrected chi connectivity index (χ2v) is 6.47. The molecule has 1 aliphatic heterocycles. The quantitative estimate of drug-likeness (QED) is 0.920. The van der Waals surface area contributed by atoms with Crippen LogP contribution >= 0.6 is 11.3 Å². The summed E-state index contributed by atoms with van der Waals surface area (Å²) >= 11 is 1.92. The lowest BCUT2D eigenvalue weighted by Gasteiger charge is -2.31. The van der Waals surface area contributed by atoms with Crippen molar-refractivity contribution < 1.29 is 0 Å². The molecule has 0 amide bonds. The van der Waals surface area contributed by atoms with Crippen LogP contribution in [0.5, 0.6) is 0 Å². The Kier molecular flexibility index (Phi) is 3.48. The lowest BCUT2D eigenvalue weighted by atomic mass is 9.95. The number of aromatic amines is 1. The first-order valence-electron chi connectivity index (χ1n) is 6.58. The molecule has 0 saturated carbocycles. The fraction of sp³-hybridized carbons (Fsp3) is 0.500. The van der Waals surface area contributed by atoms with Crippen LogP contribution < -0.4 is 0 Å². The van der Waals surface area contributed by atoms with Gasteiger partial charge in [-0.05, 0) is 44.5 Å². The first-order valence-corrected chi connectivity index (χ1v) is 7.40. The van der Waals surface area contributed by atoms with E-state index < -0.39 is 0 Å². The van der Waals surface area contributed by atoms with Crippen LogP contribution in [0.4, 0.5) is 0 Å². The Hall–Kier alpha value is -1.13. The number of aromatic nitrogens is 2. The summed E-state index contributed by atoms with van der Waals surface area (Å²) < 4.78 is 0. The van der Waals surface area contributed by atoms with Crippen molar-refractivity contribution in [1.82, 2.24) is 15.1 Å². The molecule has 0 radical (unpaired) electrons. The Balaban J connectivity index is 1.63. The lowest BCUT2D eigenvalue weighted by Crippen LogP contribution is -2.33. The van der Waals surface area contributed by atoms with Crippen LogP contribution in [0.2, 0.25) is 0 Å². The molecule has 0 spiro atoms. The van der Waals surface area contributed by atoms with Crippen molar-refractivity contribution in [3.05, 3.63) is 39.8 Å². The molecule has 3 heterocycles. The van der Waals surface area contributed by atoms with E-state index >= 15 is 0 Å². The fourth-order valence-electron chi connectivity index (χ4n) is 2.74. The van der Waals surface area contributed by atoms with Crippen molar-refractivity contribution in [2.75, 3.05) is 13.1 Å². The van der Waals surface area contributed by atoms with Gasteiger partial charge in [0.1, 0.15) is 0 Å². The summed E-state index contributed by atoms with van der Waals surface area (Å²) in [6, 6.07) is 6.60. The SMILES string of the molecule is Cc1ccc(CN2CCC[C@H](c3ccn[nH]3)C2)s1. The minimum absolute atomic E-state index is 0.627. The summed E-state index contributed by atoms with van der Waals surface area (Å²) in [4.78, 5) is 5.46. The number of aryl methyl sites for hydroxylation is 1. The van der Waals surface area contributed by atoms with E-state index in [2.05, 4.69) is 40.2 Å². The molecule has 1 saturated heterocycles. The van der Waals surface area contributed by atoms with Crippen LogP contribution in [-0.4, -0.2) is 28.2 Å². The third-order valence-corrected chi connectivity index (χ3v) is 4.63. The molecular formula is C14H19N3S. The van der Waals surface area contributed by atoms with Gasteiger partial charge >= 0.3 is 0 Å². The summed E-state index contributed by atoms with van der Waals surface area (Å²) in [6.07, 6.45) is 4.42. The molecule has 1 fully saturated rings. The molecule has 18 heavy (non-hydrogen) atoms. The highest BCUT2D eigenvalue weighted by atomic mass is 32.1. The van der Waals surface area contributed by atoms with E-state index in [-0.39, 0.29) is 0 Å². The normalized spacial score (nSPS) is 21.3. The van der Waals surface area contributed by atoms with E-state index in [1.165, 1.54) is 34.8 Å². The first kappa shape index (κ1) is 11.9. The van der Waals surface area contributed by atoms with Crippen molar-refractivity contribution in [2.45, 2.75) is 32.2 Å². The van der Waals surface area contributed by atoms with E-state index in [0.29, 0.717) is 5.92 Å². The van der Waals surface area contributed by atoms with Gasteiger partial charge < -0.3 is 0 Å². The Labute approximate surface area is 112 Å². The second-order valence-electron chi connectivity index (χ2n) is 5.10. The summed E-state index contributed by atoms with van der Waals surface area (Å²) in [5.74, 6) is 0.627. The van der Waals surface area contributed by atoms with Gasteiger partial charge in [-0.2, -0.15) is 5.10 Å². The highest BCUT2D eigenvalue weighted by molar-refractivity contribution is 7.11. The van der Waals surface area contributed by atoms with Gasteiger partial charge in [-0.15, -0.1) is 11.3 Å². The van der Waals surface area contributed by atoms with Crippen LogP contribution in [0.25, 0.3) is 0 Å². The number of hydrogen-bond acceptors (Lipinski definition) is 3.